The topological polar surface area (TPSA) is 68.4 Å². The van der Waals surface area contributed by atoms with E-state index in [0.29, 0.717) is 24.0 Å². The summed E-state index contributed by atoms with van der Waals surface area (Å²) >= 11 is 6.39. The van der Waals surface area contributed by atoms with Gasteiger partial charge in [0.1, 0.15) is 5.69 Å². The fraction of sp³-hybridized carbons (Fsp3) is 0.350. The van der Waals surface area contributed by atoms with Crippen LogP contribution in [0.1, 0.15) is 36.7 Å². The third-order valence-corrected chi connectivity index (χ3v) is 5.11. The maximum absolute atomic E-state index is 13.2. The molecule has 0 radical (unpaired) electrons. The Labute approximate surface area is 161 Å². The van der Waals surface area contributed by atoms with Crippen molar-refractivity contribution in [3.05, 3.63) is 57.7 Å². The predicted octanol–water partition coefficient (Wildman–Crippen LogP) is 3.37. The minimum absolute atomic E-state index is 0.200. The number of fused-ring (bicyclic) bond motifs is 1. The number of carbonyl (C=O) groups excluding carboxylic acids is 1. The van der Waals surface area contributed by atoms with Gasteiger partial charge in [-0.05, 0) is 31.2 Å². The molecule has 2 heterocycles. The summed E-state index contributed by atoms with van der Waals surface area (Å²) in [5, 5.41) is 3.38. The molecule has 0 spiro atoms. The first-order valence-electron chi connectivity index (χ1n) is 9.24. The summed E-state index contributed by atoms with van der Waals surface area (Å²) < 4.78 is 3.38. The maximum Gasteiger partial charge on any atom is 0.294 e. The lowest BCUT2D eigenvalue weighted by atomic mass is 10.1. The highest BCUT2D eigenvalue weighted by atomic mass is 35.5. The SMILES string of the molecule is CCCNC(=O)c1cn2cc(-c3ccccc3Cl)n(CC3CC3)c(=O)c2n1. The second-order valence-electron chi connectivity index (χ2n) is 6.97. The molecule has 7 heteroatoms. The molecular weight excluding hydrogens is 364 g/mol. The number of halogens is 1. The van der Waals surface area contributed by atoms with Gasteiger partial charge in [-0.15, -0.1) is 0 Å². The molecule has 3 aromatic rings. The third kappa shape index (κ3) is 3.49. The molecule has 0 atom stereocenters. The standard InChI is InChI=1S/C20H21ClN4O2/c1-2-9-22-19(26)16-11-24-12-17(14-5-3-4-6-15(14)21)25(10-13-7-8-13)20(27)18(24)23-16/h3-6,11-13H,2,7-10H2,1H3,(H,22,26). The number of hydrogen-bond donors (Lipinski definition) is 1. The van der Waals surface area contributed by atoms with Crippen LogP contribution >= 0.6 is 11.6 Å². The van der Waals surface area contributed by atoms with Crippen LogP contribution in [0.3, 0.4) is 0 Å². The molecule has 1 aromatic carbocycles. The normalized spacial score (nSPS) is 13.9. The molecule has 140 valence electrons. The monoisotopic (exact) mass is 384 g/mol. The number of nitrogens with one attached hydrogen (secondary N) is 1. The Morgan fingerprint density at radius 2 is 2.07 bits per heavy atom. The van der Waals surface area contributed by atoms with Crippen LogP contribution in [-0.2, 0) is 6.54 Å². The fourth-order valence-corrected chi connectivity index (χ4v) is 3.38. The number of benzene rings is 1. The van der Waals surface area contributed by atoms with Gasteiger partial charge in [-0.25, -0.2) is 4.98 Å². The van der Waals surface area contributed by atoms with E-state index in [1.807, 2.05) is 37.4 Å². The summed E-state index contributed by atoms with van der Waals surface area (Å²) in [6.07, 6.45) is 6.52. The molecule has 4 rings (SSSR count). The molecule has 1 fully saturated rings. The van der Waals surface area contributed by atoms with Crippen molar-refractivity contribution in [3.8, 4) is 11.3 Å². The van der Waals surface area contributed by atoms with Crippen molar-refractivity contribution >= 4 is 23.2 Å². The minimum atomic E-state index is -0.270. The highest BCUT2D eigenvalue weighted by Gasteiger charge is 2.25. The van der Waals surface area contributed by atoms with E-state index in [1.165, 1.54) is 0 Å². The Kier molecular flexibility index (Phi) is 4.74. The molecule has 1 amide bonds. The van der Waals surface area contributed by atoms with Gasteiger partial charge in [0.2, 0.25) is 5.65 Å². The second-order valence-corrected chi connectivity index (χ2v) is 7.37. The van der Waals surface area contributed by atoms with Crippen molar-refractivity contribution in [1.82, 2.24) is 19.3 Å². The van der Waals surface area contributed by atoms with Gasteiger partial charge in [-0.1, -0.05) is 36.7 Å². The molecule has 1 saturated carbocycles. The molecule has 27 heavy (non-hydrogen) atoms. The molecule has 0 bridgehead atoms. The first-order chi connectivity index (χ1) is 13.1. The number of rotatable bonds is 6. The van der Waals surface area contributed by atoms with Crippen LogP contribution < -0.4 is 10.9 Å². The van der Waals surface area contributed by atoms with E-state index < -0.39 is 0 Å². The van der Waals surface area contributed by atoms with Gasteiger partial charge in [-0.2, -0.15) is 0 Å². The van der Waals surface area contributed by atoms with Crippen LogP contribution in [-0.4, -0.2) is 26.4 Å². The zero-order valence-corrected chi connectivity index (χ0v) is 15.9. The lowest BCUT2D eigenvalue weighted by molar-refractivity contribution is 0.0949. The Morgan fingerprint density at radius 3 is 2.78 bits per heavy atom. The Hall–Kier alpha value is -2.60. The highest BCUT2D eigenvalue weighted by molar-refractivity contribution is 6.33. The van der Waals surface area contributed by atoms with Crippen molar-refractivity contribution in [2.75, 3.05) is 6.54 Å². The lowest BCUT2D eigenvalue weighted by Gasteiger charge is -2.14. The lowest BCUT2D eigenvalue weighted by Crippen LogP contribution is -2.25. The van der Waals surface area contributed by atoms with Crippen LogP contribution in [0.15, 0.2) is 41.5 Å². The van der Waals surface area contributed by atoms with Crippen LogP contribution in [0.5, 0.6) is 0 Å². The van der Waals surface area contributed by atoms with Crippen LogP contribution in [0.4, 0.5) is 0 Å². The molecule has 6 nitrogen and oxygen atoms in total. The Balaban J connectivity index is 1.87. The summed E-state index contributed by atoms with van der Waals surface area (Å²) in [7, 11) is 0. The van der Waals surface area contributed by atoms with E-state index >= 15 is 0 Å². The minimum Gasteiger partial charge on any atom is -0.351 e. The van der Waals surface area contributed by atoms with Crippen molar-refractivity contribution in [2.45, 2.75) is 32.7 Å². The highest BCUT2D eigenvalue weighted by Crippen LogP contribution is 2.33. The average Bonchev–Trinajstić information content (AvgIpc) is 3.38. The average molecular weight is 385 g/mol. The number of amides is 1. The summed E-state index contributed by atoms with van der Waals surface area (Å²) in [6, 6.07) is 7.47. The summed E-state index contributed by atoms with van der Waals surface area (Å²) in [4.78, 5) is 29.7. The van der Waals surface area contributed by atoms with Crippen LogP contribution in [0.2, 0.25) is 5.02 Å². The van der Waals surface area contributed by atoms with Crippen LogP contribution in [0, 0.1) is 5.92 Å². The first-order valence-corrected chi connectivity index (χ1v) is 9.62. The van der Waals surface area contributed by atoms with Gasteiger partial charge < -0.3 is 9.88 Å². The number of aromatic nitrogens is 3. The maximum atomic E-state index is 13.2. The van der Waals surface area contributed by atoms with E-state index in [9.17, 15) is 9.59 Å². The van der Waals surface area contributed by atoms with E-state index in [1.54, 1.807) is 15.2 Å². The zero-order valence-electron chi connectivity index (χ0n) is 15.1. The first kappa shape index (κ1) is 17.8. The van der Waals surface area contributed by atoms with Gasteiger partial charge in [0.05, 0.1) is 5.69 Å². The van der Waals surface area contributed by atoms with E-state index in [-0.39, 0.29) is 22.8 Å². The van der Waals surface area contributed by atoms with Crippen molar-refractivity contribution in [2.24, 2.45) is 5.92 Å². The van der Waals surface area contributed by atoms with Crippen molar-refractivity contribution in [1.29, 1.82) is 0 Å². The Morgan fingerprint density at radius 1 is 1.30 bits per heavy atom. The molecule has 0 unspecified atom stereocenters. The largest absolute Gasteiger partial charge is 0.351 e. The Bertz CT molecular complexity index is 1070. The predicted molar refractivity (Wildman–Crippen MR) is 105 cm³/mol. The van der Waals surface area contributed by atoms with Gasteiger partial charge in [0, 0.05) is 36.1 Å². The number of imidazole rings is 1. The summed E-state index contributed by atoms with van der Waals surface area (Å²) in [5.74, 6) is 0.238. The van der Waals surface area contributed by atoms with E-state index in [4.69, 9.17) is 11.6 Å². The van der Waals surface area contributed by atoms with Gasteiger partial charge in [0.25, 0.3) is 11.5 Å². The van der Waals surface area contributed by atoms with Crippen LogP contribution in [0.25, 0.3) is 16.9 Å². The smallest absolute Gasteiger partial charge is 0.294 e. The van der Waals surface area contributed by atoms with Crippen molar-refractivity contribution < 1.29 is 4.79 Å². The van der Waals surface area contributed by atoms with Crippen molar-refractivity contribution in [3.63, 3.8) is 0 Å². The number of nitrogens with zero attached hydrogens (tertiary/aromatic N) is 3. The number of carbonyl (C=O) groups is 1. The molecule has 0 saturated heterocycles. The molecule has 2 aromatic heterocycles. The fourth-order valence-electron chi connectivity index (χ4n) is 3.14. The molecule has 1 aliphatic rings. The zero-order chi connectivity index (χ0) is 19.0. The molecule has 0 aliphatic heterocycles. The summed E-state index contributed by atoms with van der Waals surface area (Å²) in [6.45, 7) is 3.19. The third-order valence-electron chi connectivity index (χ3n) is 4.78. The molecule has 1 aliphatic carbocycles. The van der Waals surface area contributed by atoms with E-state index in [0.717, 1.165) is 30.5 Å². The second kappa shape index (κ2) is 7.19. The molecular formula is C20H21ClN4O2. The summed E-state index contributed by atoms with van der Waals surface area (Å²) in [5.41, 5.74) is 1.84. The quantitative estimate of drug-likeness (QED) is 0.708. The molecule has 1 N–H and O–H groups in total. The van der Waals surface area contributed by atoms with Gasteiger partial charge in [0.15, 0.2) is 0 Å². The van der Waals surface area contributed by atoms with Gasteiger partial charge >= 0.3 is 0 Å². The number of hydrogen-bond acceptors (Lipinski definition) is 3. The van der Waals surface area contributed by atoms with Gasteiger partial charge in [-0.3, -0.25) is 14.0 Å². The van der Waals surface area contributed by atoms with E-state index in [2.05, 4.69) is 10.3 Å².